The highest BCUT2D eigenvalue weighted by Crippen LogP contribution is 2.28. The quantitative estimate of drug-likeness (QED) is 0.364. The number of carbonyl (C=O) groups excluding carboxylic acids is 2. The normalized spacial score (nSPS) is 11.6. The van der Waals surface area contributed by atoms with Gasteiger partial charge in [0.05, 0.1) is 12.0 Å². The van der Waals surface area contributed by atoms with Crippen molar-refractivity contribution in [1.82, 2.24) is 4.90 Å². The lowest BCUT2D eigenvalue weighted by Gasteiger charge is -2.20. The van der Waals surface area contributed by atoms with Crippen molar-refractivity contribution in [3.63, 3.8) is 0 Å². The maximum absolute atomic E-state index is 12.8. The molecule has 0 spiro atoms. The zero-order valence-electron chi connectivity index (χ0n) is 19.7. The molecule has 0 aliphatic carbocycles. The summed E-state index contributed by atoms with van der Waals surface area (Å²) < 4.78 is 33.8. The topological polar surface area (TPSA) is 154 Å². The molecule has 0 aromatic heterocycles. The molecule has 0 saturated carbocycles. The molecule has 0 atom stereocenters. The average Bonchev–Trinajstić information content (AvgIpc) is 2.87. The molecule has 0 fully saturated rings. The number of hydrogen-bond donors (Lipinski definition) is 2. The van der Waals surface area contributed by atoms with E-state index < -0.39 is 22.2 Å². The van der Waals surface area contributed by atoms with E-state index in [-0.39, 0.29) is 17.3 Å². The maximum Gasteiger partial charge on any atom is 0.435 e. The summed E-state index contributed by atoms with van der Waals surface area (Å²) in [5.74, 6) is 0.289. The van der Waals surface area contributed by atoms with Crippen LogP contribution < -0.4 is 15.6 Å². The molecular formula is C25H26N4O6S. The zero-order chi connectivity index (χ0) is 26.3. The van der Waals surface area contributed by atoms with Gasteiger partial charge in [0.2, 0.25) is 10.0 Å². The van der Waals surface area contributed by atoms with E-state index in [1.807, 2.05) is 13.0 Å². The lowest BCUT2D eigenvalue weighted by atomic mass is 10.1. The van der Waals surface area contributed by atoms with Gasteiger partial charge in [-0.05, 0) is 42.3 Å². The SMILES string of the molecule is CCN(Cc1cccc(C(N)=NC(=O)OC)c1)C(=O)Oc1ccc(-c2ccccc2S(N)(=O)=O)cc1. The number of methoxy groups -OCH3 is 1. The molecule has 4 N–H and O–H groups in total. The molecule has 10 nitrogen and oxygen atoms in total. The standard InChI is InChI=1S/C25H26N4O6S/c1-3-29(16-17-7-6-8-19(15-17)23(26)28-24(30)34-2)25(31)35-20-13-11-18(12-14-20)21-9-4-5-10-22(21)36(27,32)33/h4-15H,3,16H2,1-2H3,(H2,26,28,30)(H2,27,32,33). The van der Waals surface area contributed by atoms with Gasteiger partial charge in [0.25, 0.3) is 0 Å². The Kier molecular flexibility index (Phi) is 8.41. The summed E-state index contributed by atoms with van der Waals surface area (Å²) in [6.45, 7) is 2.41. The Labute approximate surface area is 209 Å². The number of ether oxygens (including phenoxy) is 2. The van der Waals surface area contributed by atoms with Crippen molar-refractivity contribution in [3.05, 3.63) is 83.9 Å². The molecule has 0 unspecified atom stereocenters. The Balaban J connectivity index is 1.73. The molecule has 0 radical (unpaired) electrons. The Morgan fingerprint density at radius 2 is 1.69 bits per heavy atom. The van der Waals surface area contributed by atoms with Crippen LogP contribution in [0.4, 0.5) is 9.59 Å². The number of carbonyl (C=O) groups is 2. The van der Waals surface area contributed by atoms with Gasteiger partial charge >= 0.3 is 12.2 Å². The third-order valence-electron chi connectivity index (χ3n) is 5.19. The van der Waals surface area contributed by atoms with Gasteiger partial charge in [-0.25, -0.2) is 23.1 Å². The molecule has 3 aromatic carbocycles. The molecule has 0 aliphatic heterocycles. The van der Waals surface area contributed by atoms with Crippen molar-refractivity contribution in [1.29, 1.82) is 0 Å². The summed E-state index contributed by atoms with van der Waals surface area (Å²) in [4.78, 5) is 29.2. The van der Waals surface area contributed by atoms with Crippen LogP contribution in [0.1, 0.15) is 18.1 Å². The molecule has 0 heterocycles. The van der Waals surface area contributed by atoms with Gasteiger partial charge in [-0.1, -0.05) is 48.5 Å². The molecule has 0 aliphatic rings. The van der Waals surface area contributed by atoms with Crippen LogP contribution in [0.5, 0.6) is 5.75 Å². The van der Waals surface area contributed by atoms with Crippen LogP contribution >= 0.6 is 0 Å². The van der Waals surface area contributed by atoms with Gasteiger partial charge in [-0.15, -0.1) is 0 Å². The van der Waals surface area contributed by atoms with E-state index in [2.05, 4.69) is 9.73 Å². The molecule has 36 heavy (non-hydrogen) atoms. The average molecular weight is 511 g/mol. The van der Waals surface area contributed by atoms with E-state index in [0.717, 1.165) is 5.56 Å². The first-order valence-electron chi connectivity index (χ1n) is 10.8. The fourth-order valence-electron chi connectivity index (χ4n) is 3.38. The van der Waals surface area contributed by atoms with Crippen LogP contribution in [-0.2, 0) is 21.3 Å². The monoisotopic (exact) mass is 510 g/mol. The predicted octanol–water partition coefficient (Wildman–Crippen LogP) is 3.49. The smallest absolute Gasteiger partial charge is 0.435 e. The van der Waals surface area contributed by atoms with Gasteiger partial charge in [0.1, 0.15) is 11.6 Å². The van der Waals surface area contributed by atoms with Crippen LogP contribution in [0.2, 0.25) is 0 Å². The molecule has 0 saturated heterocycles. The van der Waals surface area contributed by atoms with E-state index in [9.17, 15) is 18.0 Å². The van der Waals surface area contributed by atoms with Crippen LogP contribution in [-0.4, -0.2) is 45.0 Å². The minimum absolute atomic E-state index is 0.00146. The van der Waals surface area contributed by atoms with Crippen molar-refractivity contribution in [2.45, 2.75) is 18.4 Å². The molecule has 3 rings (SSSR count). The molecule has 11 heteroatoms. The minimum atomic E-state index is -3.90. The highest BCUT2D eigenvalue weighted by atomic mass is 32.2. The Bertz CT molecular complexity index is 1390. The van der Waals surface area contributed by atoms with Crippen molar-refractivity contribution >= 4 is 28.0 Å². The fourth-order valence-corrected chi connectivity index (χ4v) is 4.15. The number of hydrogen-bond acceptors (Lipinski definition) is 6. The van der Waals surface area contributed by atoms with Gasteiger partial charge in [0, 0.05) is 24.2 Å². The summed E-state index contributed by atoms with van der Waals surface area (Å²) in [5.41, 5.74) is 8.18. The summed E-state index contributed by atoms with van der Waals surface area (Å²) in [6, 6.07) is 19.8. The summed E-state index contributed by atoms with van der Waals surface area (Å²) in [7, 11) is -2.70. The van der Waals surface area contributed by atoms with E-state index in [1.165, 1.54) is 18.1 Å². The van der Waals surface area contributed by atoms with E-state index in [4.69, 9.17) is 15.6 Å². The van der Waals surface area contributed by atoms with Crippen LogP contribution in [0.25, 0.3) is 11.1 Å². The first-order chi connectivity index (χ1) is 17.1. The highest BCUT2D eigenvalue weighted by Gasteiger charge is 2.17. The maximum atomic E-state index is 12.8. The number of amidine groups is 1. The number of rotatable bonds is 7. The van der Waals surface area contributed by atoms with Gasteiger partial charge in [-0.2, -0.15) is 4.99 Å². The molecule has 3 aromatic rings. The number of aliphatic imine (C=N–C) groups is 1. The first-order valence-corrected chi connectivity index (χ1v) is 12.4. The van der Waals surface area contributed by atoms with E-state index >= 15 is 0 Å². The lowest BCUT2D eigenvalue weighted by Crippen LogP contribution is -2.33. The van der Waals surface area contributed by atoms with Gasteiger partial charge < -0.3 is 20.1 Å². The molecule has 2 amide bonds. The summed E-state index contributed by atoms with van der Waals surface area (Å²) in [5, 5.41) is 5.32. The second-order valence-corrected chi connectivity index (χ2v) is 9.14. The third-order valence-corrected chi connectivity index (χ3v) is 6.16. The zero-order valence-corrected chi connectivity index (χ0v) is 20.6. The number of amides is 2. The number of nitrogens with zero attached hydrogens (tertiary/aromatic N) is 2. The predicted molar refractivity (Wildman–Crippen MR) is 135 cm³/mol. The van der Waals surface area contributed by atoms with Crippen molar-refractivity contribution in [2.75, 3.05) is 13.7 Å². The fraction of sp³-hybridized carbons (Fsp3) is 0.160. The first kappa shape index (κ1) is 26.4. The number of primary sulfonamides is 1. The highest BCUT2D eigenvalue weighted by molar-refractivity contribution is 7.89. The summed E-state index contributed by atoms with van der Waals surface area (Å²) >= 11 is 0. The van der Waals surface area contributed by atoms with Gasteiger partial charge in [0.15, 0.2) is 0 Å². The molecule has 188 valence electrons. The lowest BCUT2D eigenvalue weighted by molar-refractivity contribution is 0.152. The van der Waals surface area contributed by atoms with Crippen molar-refractivity contribution < 1.29 is 27.5 Å². The van der Waals surface area contributed by atoms with Crippen LogP contribution in [0.3, 0.4) is 0 Å². The Hall–Kier alpha value is -4.22. The van der Waals surface area contributed by atoms with E-state index in [0.29, 0.717) is 29.0 Å². The van der Waals surface area contributed by atoms with Crippen LogP contribution in [0.15, 0.2) is 82.7 Å². The van der Waals surface area contributed by atoms with Crippen molar-refractivity contribution in [2.24, 2.45) is 15.9 Å². The number of nitrogens with two attached hydrogens (primary N) is 2. The van der Waals surface area contributed by atoms with E-state index in [1.54, 1.807) is 60.7 Å². The second-order valence-electron chi connectivity index (χ2n) is 7.62. The van der Waals surface area contributed by atoms with Gasteiger partial charge in [-0.3, -0.25) is 0 Å². The molecular weight excluding hydrogens is 484 g/mol. The Morgan fingerprint density at radius 1 is 1.00 bits per heavy atom. The number of benzene rings is 3. The number of sulfonamides is 1. The minimum Gasteiger partial charge on any atom is -0.451 e. The summed E-state index contributed by atoms with van der Waals surface area (Å²) in [6.07, 6.45) is -1.38. The largest absolute Gasteiger partial charge is 0.451 e. The third kappa shape index (κ3) is 6.68. The second kappa shape index (κ2) is 11.5. The molecule has 0 bridgehead atoms. The van der Waals surface area contributed by atoms with Crippen LogP contribution in [0, 0.1) is 0 Å². The Morgan fingerprint density at radius 3 is 2.33 bits per heavy atom. The van der Waals surface area contributed by atoms with Crippen molar-refractivity contribution in [3.8, 4) is 16.9 Å².